The lowest BCUT2D eigenvalue weighted by Gasteiger charge is -2.19. The van der Waals surface area contributed by atoms with Gasteiger partial charge in [-0.3, -0.25) is 9.79 Å². The molecule has 0 heterocycles. The molecule has 2 N–H and O–H groups in total. The van der Waals surface area contributed by atoms with Crippen molar-refractivity contribution in [1.29, 1.82) is 0 Å². The van der Waals surface area contributed by atoms with E-state index in [9.17, 15) is 4.79 Å². The van der Waals surface area contributed by atoms with Crippen LogP contribution in [0.15, 0.2) is 47.5 Å². The zero-order valence-corrected chi connectivity index (χ0v) is 18.1. The van der Waals surface area contributed by atoms with E-state index in [0.29, 0.717) is 28.1 Å². The van der Waals surface area contributed by atoms with Gasteiger partial charge in [-0.15, -0.1) is 0 Å². The average molecular weight is 421 g/mol. The lowest BCUT2D eigenvalue weighted by atomic mass is 10.1. The Labute approximate surface area is 176 Å². The molecule has 0 aliphatic rings. The molecule has 0 aliphatic carbocycles. The lowest BCUT2D eigenvalue weighted by molar-refractivity contribution is 0.0827. The first-order valence-corrected chi connectivity index (χ1v) is 9.80. The first-order chi connectivity index (χ1) is 13.3. The summed E-state index contributed by atoms with van der Waals surface area (Å²) in [6.07, 6.45) is 0.769. The summed E-state index contributed by atoms with van der Waals surface area (Å²) < 4.78 is 0. The molecule has 0 bridgehead atoms. The minimum Gasteiger partial charge on any atom is -0.356 e. The number of hydrogen-bond donors (Lipinski definition) is 2. The van der Waals surface area contributed by atoms with E-state index in [1.807, 2.05) is 43.3 Å². The number of rotatable bonds is 6. The molecule has 2 aromatic rings. The Morgan fingerprint density at radius 1 is 1.18 bits per heavy atom. The Morgan fingerprint density at radius 2 is 1.93 bits per heavy atom. The van der Waals surface area contributed by atoms with Crippen molar-refractivity contribution in [3.8, 4) is 0 Å². The van der Waals surface area contributed by atoms with Crippen LogP contribution >= 0.6 is 23.2 Å². The molecule has 0 aliphatic heterocycles. The predicted octanol–water partition coefficient (Wildman–Crippen LogP) is 4.16. The molecule has 7 heteroatoms. The van der Waals surface area contributed by atoms with Crippen LogP contribution in [0.4, 0.5) is 0 Å². The molecule has 1 unspecified atom stereocenters. The Balaban J connectivity index is 1.92. The number of carbonyl (C=O) groups excluding carboxylic acids is 1. The third-order valence-corrected chi connectivity index (χ3v) is 4.85. The van der Waals surface area contributed by atoms with Gasteiger partial charge in [-0.2, -0.15) is 0 Å². The van der Waals surface area contributed by atoms with Crippen molar-refractivity contribution >= 4 is 35.1 Å². The highest BCUT2D eigenvalue weighted by Crippen LogP contribution is 2.25. The Kier molecular flexibility index (Phi) is 8.15. The molecule has 0 spiro atoms. The number of guanidine groups is 1. The van der Waals surface area contributed by atoms with Crippen LogP contribution < -0.4 is 10.6 Å². The highest BCUT2D eigenvalue weighted by Gasteiger charge is 2.12. The number of amides is 1. The van der Waals surface area contributed by atoms with Crippen molar-refractivity contribution in [2.75, 3.05) is 27.7 Å². The fourth-order valence-electron chi connectivity index (χ4n) is 2.77. The van der Waals surface area contributed by atoms with E-state index in [4.69, 9.17) is 23.2 Å². The van der Waals surface area contributed by atoms with E-state index in [-0.39, 0.29) is 11.9 Å². The predicted molar refractivity (Wildman–Crippen MR) is 118 cm³/mol. The van der Waals surface area contributed by atoms with E-state index in [1.165, 1.54) is 0 Å². The number of aliphatic imine (C=N–C) groups is 1. The molecule has 1 atom stereocenters. The van der Waals surface area contributed by atoms with Gasteiger partial charge in [0, 0.05) is 43.3 Å². The molecule has 2 rings (SSSR count). The van der Waals surface area contributed by atoms with Crippen molar-refractivity contribution in [3.05, 3.63) is 69.2 Å². The van der Waals surface area contributed by atoms with Gasteiger partial charge in [0.1, 0.15) is 0 Å². The van der Waals surface area contributed by atoms with Crippen LogP contribution in [0.5, 0.6) is 0 Å². The second-order valence-corrected chi connectivity index (χ2v) is 7.52. The number of nitrogens with zero attached hydrogens (tertiary/aromatic N) is 2. The van der Waals surface area contributed by atoms with Gasteiger partial charge >= 0.3 is 0 Å². The SMILES string of the molecule is CN=C(NCCc1cccc(C(=O)N(C)C)c1)NC(C)c1ccc(Cl)cc1Cl. The maximum atomic E-state index is 12.1. The summed E-state index contributed by atoms with van der Waals surface area (Å²) in [4.78, 5) is 17.9. The highest BCUT2D eigenvalue weighted by molar-refractivity contribution is 6.35. The molecule has 0 aromatic heterocycles. The third kappa shape index (κ3) is 6.14. The topological polar surface area (TPSA) is 56.7 Å². The third-order valence-electron chi connectivity index (χ3n) is 4.29. The molecule has 5 nitrogen and oxygen atoms in total. The Hall–Kier alpha value is -2.24. The molecule has 0 radical (unpaired) electrons. The maximum absolute atomic E-state index is 12.1. The minimum atomic E-state index is -0.0305. The van der Waals surface area contributed by atoms with Gasteiger partial charge in [0.15, 0.2) is 5.96 Å². The zero-order valence-electron chi connectivity index (χ0n) is 16.6. The monoisotopic (exact) mass is 420 g/mol. The number of benzene rings is 2. The van der Waals surface area contributed by atoms with Crippen LogP contribution in [0.25, 0.3) is 0 Å². The number of halogens is 2. The highest BCUT2D eigenvalue weighted by atomic mass is 35.5. The maximum Gasteiger partial charge on any atom is 0.253 e. The van der Waals surface area contributed by atoms with Crippen LogP contribution in [0.2, 0.25) is 10.0 Å². The van der Waals surface area contributed by atoms with Gasteiger partial charge in [0.25, 0.3) is 5.91 Å². The number of nitrogens with one attached hydrogen (secondary N) is 2. The van der Waals surface area contributed by atoms with Gasteiger partial charge < -0.3 is 15.5 Å². The van der Waals surface area contributed by atoms with Gasteiger partial charge in [-0.05, 0) is 48.7 Å². The molecule has 28 heavy (non-hydrogen) atoms. The molecule has 1 amide bonds. The largest absolute Gasteiger partial charge is 0.356 e. The summed E-state index contributed by atoms with van der Waals surface area (Å²) in [6.45, 7) is 2.69. The second kappa shape index (κ2) is 10.3. The molecule has 0 saturated heterocycles. The summed E-state index contributed by atoms with van der Waals surface area (Å²) in [6, 6.07) is 13.1. The fourth-order valence-corrected chi connectivity index (χ4v) is 3.35. The lowest BCUT2D eigenvalue weighted by Crippen LogP contribution is -2.39. The molecular weight excluding hydrogens is 395 g/mol. The van der Waals surface area contributed by atoms with Gasteiger partial charge in [-0.25, -0.2) is 0 Å². The van der Waals surface area contributed by atoms with Gasteiger partial charge in [-0.1, -0.05) is 41.4 Å². The minimum absolute atomic E-state index is 0.000883. The van der Waals surface area contributed by atoms with Crippen molar-refractivity contribution in [2.45, 2.75) is 19.4 Å². The van der Waals surface area contributed by atoms with Crippen molar-refractivity contribution in [2.24, 2.45) is 4.99 Å². The van der Waals surface area contributed by atoms with Crippen molar-refractivity contribution in [1.82, 2.24) is 15.5 Å². The summed E-state index contributed by atoms with van der Waals surface area (Å²) in [5.74, 6) is 0.681. The number of carbonyl (C=O) groups is 1. The normalized spacial score (nSPS) is 12.4. The summed E-state index contributed by atoms with van der Waals surface area (Å²) in [5.41, 5.74) is 2.73. The van der Waals surface area contributed by atoms with E-state index in [0.717, 1.165) is 17.5 Å². The van der Waals surface area contributed by atoms with Crippen LogP contribution in [-0.4, -0.2) is 44.5 Å². The standard InChI is InChI=1S/C21H26Cl2N4O/c1-14(18-9-8-17(22)13-19(18)23)26-21(24-2)25-11-10-15-6-5-7-16(12-15)20(28)27(3)4/h5-9,12-14H,10-11H2,1-4H3,(H2,24,25,26). The van der Waals surface area contributed by atoms with Gasteiger partial charge in [0.2, 0.25) is 0 Å². The van der Waals surface area contributed by atoms with Crippen LogP contribution in [0.3, 0.4) is 0 Å². The van der Waals surface area contributed by atoms with Crippen molar-refractivity contribution < 1.29 is 4.79 Å². The van der Waals surface area contributed by atoms with E-state index < -0.39 is 0 Å². The quantitative estimate of drug-likeness (QED) is 0.544. The van der Waals surface area contributed by atoms with Crippen molar-refractivity contribution in [3.63, 3.8) is 0 Å². The zero-order chi connectivity index (χ0) is 20.7. The Morgan fingerprint density at radius 3 is 2.57 bits per heavy atom. The molecule has 150 valence electrons. The molecular formula is C21H26Cl2N4O. The fraction of sp³-hybridized carbons (Fsp3) is 0.333. The second-order valence-electron chi connectivity index (χ2n) is 6.68. The Bertz CT molecular complexity index is 852. The number of hydrogen-bond acceptors (Lipinski definition) is 2. The smallest absolute Gasteiger partial charge is 0.253 e. The first-order valence-electron chi connectivity index (χ1n) is 9.04. The molecule has 0 fully saturated rings. The van der Waals surface area contributed by atoms with E-state index >= 15 is 0 Å². The van der Waals surface area contributed by atoms with Gasteiger partial charge in [0.05, 0.1) is 6.04 Å². The summed E-state index contributed by atoms with van der Waals surface area (Å²) in [5, 5.41) is 7.85. The summed E-state index contributed by atoms with van der Waals surface area (Å²) >= 11 is 12.2. The van der Waals surface area contributed by atoms with Crippen LogP contribution in [0.1, 0.15) is 34.5 Å². The molecule has 2 aromatic carbocycles. The van der Waals surface area contributed by atoms with E-state index in [2.05, 4.69) is 15.6 Å². The van der Waals surface area contributed by atoms with Crippen LogP contribution in [-0.2, 0) is 6.42 Å². The van der Waals surface area contributed by atoms with Crippen LogP contribution in [0, 0.1) is 0 Å². The average Bonchev–Trinajstić information content (AvgIpc) is 2.66. The summed E-state index contributed by atoms with van der Waals surface area (Å²) in [7, 11) is 5.22. The first kappa shape index (κ1) is 22.1. The van der Waals surface area contributed by atoms with E-state index in [1.54, 1.807) is 32.1 Å². The molecule has 0 saturated carbocycles.